The highest BCUT2D eigenvalue weighted by molar-refractivity contribution is 7.47. The second kappa shape index (κ2) is 38.7. The molecule has 0 fully saturated rings. The van der Waals surface area contributed by atoms with E-state index in [2.05, 4.69) is 13.8 Å². The van der Waals surface area contributed by atoms with Crippen LogP contribution in [0.3, 0.4) is 0 Å². The molecule has 0 aromatic rings. The Balaban J connectivity index is 4.10. The van der Waals surface area contributed by atoms with Crippen LogP contribution in [-0.2, 0) is 32.7 Å². The fourth-order valence-corrected chi connectivity index (χ4v) is 7.05. The number of phosphoric acid groups is 1. The van der Waals surface area contributed by atoms with Gasteiger partial charge in [0.2, 0.25) is 0 Å². The van der Waals surface area contributed by atoms with Gasteiger partial charge < -0.3 is 20.1 Å². The van der Waals surface area contributed by atoms with Gasteiger partial charge in [0, 0.05) is 19.4 Å². The minimum Gasteiger partial charge on any atom is -0.462 e. The third-order valence-electron chi connectivity index (χ3n) is 9.49. The lowest BCUT2D eigenvalue weighted by Gasteiger charge is -2.19. The summed E-state index contributed by atoms with van der Waals surface area (Å²) in [5, 5.41) is 0. The average Bonchev–Trinajstić information content (AvgIpc) is 3.11. The molecule has 0 aliphatic heterocycles. The van der Waals surface area contributed by atoms with Crippen LogP contribution in [0.25, 0.3) is 0 Å². The van der Waals surface area contributed by atoms with Gasteiger partial charge in [0.05, 0.1) is 13.2 Å². The average molecular weight is 748 g/mol. The predicted molar refractivity (Wildman–Crippen MR) is 211 cm³/mol. The van der Waals surface area contributed by atoms with Gasteiger partial charge in [-0.3, -0.25) is 18.6 Å². The molecule has 0 spiro atoms. The van der Waals surface area contributed by atoms with Crippen LogP contribution in [-0.4, -0.2) is 49.3 Å². The number of ether oxygens (including phenoxy) is 2. The smallest absolute Gasteiger partial charge is 0.462 e. The molecule has 0 amide bonds. The molecule has 0 heterocycles. The lowest BCUT2D eigenvalue weighted by Crippen LogP contribution is -2.29. The second-order valence-corrected chi connectivity index (χ2v) is 16.0. The SMILES string of the molecule is CCCCCCCCCCCCCCCCCCC(=O)OCC(COP(=O)(O)OCCN)OC(=O)CCCCCCCCCCCCCCCC. The van der Waals surface area contributed by atoms with Gasteiger partial charge in [-0.05, 0) is 12.8 Å². The number of carbonyl (C=O) groups excluding carboxylic acids is 2. The highest BCUT2D eigenvalue weighted by Gasteiger charge is 2.26. The molecule has 10 heteroatoms. The topological polar surface area (TPSA) is 134 Å². The first-order valence-electron chi connectivity index (χ1n) is 21.5. The molecule has 0 aliphatic carbocycles. The summed E-state index contributed by atoms with van der Waals surface area (Å²) < 4.78 is 32.8. The Bertz CT molecular complexity index is 815. The molecule has 0 bridgehead atoms. The Morgan fingerprint density at radius 1 is 0.510 bits per heavy atom. The van der Waals surface area contributed by atoms with Crippen molar-refractivity contribution >= 4 is 19.8 Å². The van der Waals surface area contributed by atoms with Gasteiger partial charge in [-0.2, -0.15) is 0 Å². The maximum atomic E-state index is 12.6. The number of hydrogen-bond acceptors (Lipinski definition) is 8. The summed E-state index contributed by atoms with van der Waals surface area (Å²) in [7, 11) is -4.37. The first-order chi connectivity index (χ1) is 24.8. The number of carbonyl (C=O) groups is 2. The number of nitrogens with two attached hydrogens (primary N) is 1. The zero-order valence-corrected chi connectivity index (χ0v) is 34.3. The first-order valence-corrected chi connectivity index (χ1v) is 23.0. The van der Waals surface area contributed by atoms with Gasteiger partial charge in [0.1, 0.15) is 6.61 Å². The number of phosphoric ester groups is 1. The molecule has 2 atom stereocenters. The van der Waals surface area contributed by atoms with E-state index in [1.807, 2.05) is 0 Å². The van der Waals surface area contributed by atoms with Crippen molar-refractivity contribution in [2.75, 3.05) is 26.4 Å². The normalized spacial score (nSPS) is 13.3. The van der Waals surface area contributed by atoms with Crippen molar-refractivity contribution in [3.63, 3.8) is 0 Å². The van der Waals surface area contributed by atoms with E-state index in [1.165, 1.54) is 154 Å². The summed E-state index contributed by atoms with van der Waals surface area (Å²) in [4.78, 5) is 34.8. The summed E-state index contributed by atoms with van der Waals surface area (Å²) >= 11 is 0. The minimum absolute atomic E-state index is 0.0580. The number of hydrogen-bond donors (Lipinski definition) is 2. The Kier molecular flexibility index (Phi) is 38.0. The van der Waals surface area contributed by atoms with Crippen molar-refractivity contribution in [3.05, 3.63) is 0 Å². The van der Waals surface area contributed by atoms with E-state index >= 15 is 0 Å². The molecule has 51 heavy (non-hydrogen) atoms. The van der Waals surface area contributed by atoms with E-state index in [0.717, 1.165) is 32.1 Å². The van der Waals surface area contributed by atoms with Crippen LogP contribution in [0.1, 0.15) is 219 Å². The van der Waals surface area contributed by atoms with Crippen LogP contribution in [0.4, 0.5) is 0 Å². The Morgan fingerprint density at radius 2 is 0.843 bits per heavy atom. The van der Waals surface area contributed by atoms with E-state index in [0.29, 0.717) is 6.42 Å². The highest BCUT2D eigenvalue weighted by atomic mass is 31.2. The summed E-state index contributed by atoms with van der Waals surface area (Å²) in [6, 6.07) is 0. The molecule has 0 radical (unpaired) electrons. The minimum atomic E-state index is -4.37. The zero-order chi connectivity index (χ0) is 37.5. The van der Waals surface area contributed by atoms with Crippen molar-refractivity contribution in [1.82, 2.24) is 0 Å². The molecule has 0 saturated carbocycles. The highest BCUT2D eigenvalue weighted by Crippen LogP contribution is 2.43. The Labute approximate surface area is 314 Å². The summed E-state index contributed by atoms with van der Waals surface area (Å²) in [5.41, 5.74) is 5.34. The zero-order valence-electron chi connectivity index (χ0n) is 33.4. The number of rotatable bonds is 41. The van der Waals surface area contributed by atoms with Crippen LogP contribution in [0, 0.1) is 0 Å². The molecular weight excluding hydrogens is 665 g/mol. The molecule has 3 N–H and O–H groups in total. The van der Waals surface area contributed by atoms with Crippen molar-refractivity contribution in [1.29, 1.82) is 0 Å². The second-order valence-electron chi connectivity index (χ2n) is 14.6. The van der Waals surface area contributed by atoms with Gasteiger partial charge in [-0.15, -0.1) is 0 Å². The summed E-state index contributed by atoms with van der Waals surface area (Å²) in [6.45, 7) is 3.77. The molecule has 0 aliphatic rings. The fraction of sp³-hybridized carbons (Fsp3) is 0.951. The van der Waals surface area contributed by atoms with Crippen molar-refractivity contribution in [3.8, 4) is 0 Å². The van der Waals surface area contributed by atoms with Crippen molar-refractivity contribution < 1.29 is 37.6 Å². The van der Waals surface area contributed by atoms with Crippen molar-refractivity contribution in [2.24, 2.45) is 5.73 Å². The van der Waals surface area contributed by atoms with Crippen LogP contribution in [0.2, 0.25) is 0 Å². The summed E-state index contributed by atoms with van der Waals surface area (Å²) in [6.07, 6.45) is 37.0. The van der Waals surface area contributed by atoms with Gasteiger partial charge in [-0.25, -0.2) is 4.57 Å². The third-order valence-corrected chi connectivity index (χ3v) is 10.5. The standard InChI is InChI=1S/C41H82NO8P/c1-3-5-7-9-11-13-15-17-19-20-22-23-25-27-29-31-33-40(43)47-37-39(38-49-51(45,46)48-36-35-42)50-41(44)34-32-30-28-26-24-21-18-16-14-12-10-8-6-4-2/h39H,3-38,42H2,1-2H3,(H,45,46). The molecule has 0 aromatic carbocycles. The van der Waals surface area contributed by atoms with Gasteiger partial charge in [0.15, 0.2) is 6.10 Å². The van der Waals surface area contributed by atoms with E-state index in [-0.39, 0.29) is 38.6 Å². The Morgan fingerprint density at radius 3 is 1.20 bits per heavy atom. The maximum absolute atomic E-state index is 12.6. The van der Waals surface area contributed by atoms with Gasteiger partial charge in [0.25, 0.3) is 0 Å². The lowest BCUT2D eigenvalue weighted by atomic mass is 10.0. The van der Waals surface area contributed by atoms with E-state index in [4.69, 9.17) is 24.3 Å². The number of unbranched alkanes of at least 4 members (excludes halogenated alkanes) is 28. The van der Waals surface area contributed by atoms with Crippen molar-refractivity contribution in [2.45, 2.75) is 225 Å². The maximum Gasteiger partial charge on any atom is 0.472 e. The van der Waals surface area contributed by atoms with Gasteiger partial charge >= 0.3 is 19.8 Å². The predicted octanol–water partition coefficient (Wildman–Crippen LogP) is 12.1. The van der Waals surface area contributed by atoms with Crippen LogP contribution >= 0.6 is 7.82 Å². The fourth-order valence-electron chi connectivity index (χ4n) is 6.28. The van der Waals surface area contributed by atoms with E-state index in [1.54, 1.807) is 0 Å². The number of esters is 2. The summed E-state index contributed by atoms with van der Waals surface area (Å²) in [5.74, 6) is -0.813. The monoisotopic (exact) mass is 748 g/mol. The Hall–Kier alpha value is -0.990. The molecule has 9 nitrogen and oxygen atoms in total. The molecule has 0 aromatic heterocycles. The molecular formula is C41H82NO8P. The largest absolute Gasteiger partial charge is 0.472 e. The molecule has 0 saturated heterocycles. The van der Waals surface area contributed by atoms with Crippen LogP contribution in [0.15, 0.2) is 0 Å². The molecule has 304 valence electrons. The lowest BCUT2D eigenvalue weighted by molar-refractivity contribution is -0.161. The quantitative estimate of drug-likeness (QED) is 0.0356. The first kappa shape index (κ1) is 50.0. The van der Waals surface area contributed by atoms with E-state index < -0.39 is 26.5 Å². The van der Waals surface area contributed by atoms with Crippen LogP contribution < -0.4 is 5.73 Å². The van der Waals surface area contributed by atoms with Gasteiger partial charge in [-0.1, -0.05) is 194 Å². The third kappa shape index (κ3) is 38.5. The van der Waals surface area contributed by atoms with Crippen LogP contribution in [0.5, 0.6) is 0 Å². The van der Waals surface area contributed by atoms with E-state index in [9.17, 15) is 19.0 Å². The molecule has 2 unspecified atom stereocenters. The molecule has 0 rings (SSSR count).